The van der Waals surface area contributed by atoms with Crippen molar-refractivity contribution in [1.82, 2.24) is 0 Å². The van der Waals surface area contributed by atoms with Crippen molar-refractivity contribution in [2.45, 2.75) is 110 Å². The van der Waals surface area contributed by atoms with Crippen molar-refractivity contribution < 1.29 is 9.16 Å². The average molecular weight is 457 g/mol. The smallest absolute Gasteiger partial charge is 0.191 e. The van der Waals surface area contributed by atoms with Crippen LogP contribution >= 0.6 is 0 Å². The molecule has 180 valence electrons. The van der Waals surface area contributed by atoms with Crippen molar-refractivity contribution in [3.05, 3.63) is 48.0 Å². The fourth-order valence-corrected chi connectivity index (χ4v) is 4.87. The standard InChI is InChI=1S/C29H48O2Si/c1-29(2,3)32(4,5)31-23-17-13-11-9-7-6-8-10-12-16-22-30-25-26-20-21-27-18-14-15-19-28(27)24-26/h14-15,18-21,24H,6-13,16-17,22-23,25H2,1-5H3. The summed E-state index contributed by atoms with van der Waals surface area (Å²) in [5.41, 5.74) is 1.27. The van der Waals surface area contributed by atoms with Gasteiger partial charge in [0.05, 0.1) is 6.61 Å². The Balaban J connectivity index is 1.36. The molecule has 0 aliphatic heterocycles. The maximum Gasteiger partial charge on any atom is 0.191 e. The normalized spacial score (nSPS) is 12.5. The molecule has 2 nitrogen and oxygen atoms in total. The Morgan fingerprint density at radius 1 is 0.656 bits per heavy atom. The summed E-state index contributed by atoms with van der Waals surface area (Å²) < 4.78 is 12.2. The highest BCUT2D eigenvalue weighted by molar-refractivity contribution is 6.74. The lowest BCUT2D eigenvalue weighted by atomic mass is 10.1. The molecular weight excluding hydrogens is 408 g/mol. The van der Waals surface area contributed by atoms with Crippen LogP contribution in [-0.2, 0) is 15.8 Å². The zero-order valence-electron chi connectivity index (χ0n) is 21.6. The van der Waals surface area contributed by atoms with Crippen LogP contribution in [0.1, 0.15) is 90.5 Å². The van der Waals surface area contributed by atoms with Crippen molar-refractivity contribution in [1.29, 1.82) is 0 Å². The predicted molar refractivity (Wildman–Crippen MR) is 143 cm³/mol. The summed E-state index contributed by atoms with van der Waals surface area (Å²) in [6, 6.07) is 15.1. The summed E-state index contributed by atoms with van der Waals surface area (Å²) in [5, 5.41) is 2.93. The third-order valence-electron chi connectivity index (χ3n) is 7.03. The summed E-state index contributed by atoms with van der Waals surface area (Å²) in [6.45, 7) is 14.2. The van der Waals surface area contributed by atoms with Gasteiger partial charge in [0.25, 0.3) is 0 Å². The monoisotopic (exact) mass is 456 g/mol. The van der Waals surface area contributed by atoms with Crippen LogP contribution in [0.3, 0.4) is 0 Å². The van der Waals surface area contributed by atoms with E-state index in [2.05, 4.69) is 76.3 Å². The molecule has 3 heteroatoms. The van der Waals surface area contributed by atoms with Crippen LogP contribution in [-0.4, -0.2) is 21.5 Å². The summed E-state index contributed by atoms with van der Waals surface area (Å²) in [5.74, 6) is 0. The first kappa shape index (κ1) is 27.1. The van der Waals surface area contributed by atoms with Gasteiger partial charge in [0, 0.05) is 13.2 Å². The summed E-state index contributed by atoms with van der Waals surface area (Å²) in [6.07, 6.45) is 13.3. The third kappa shape index (κ3) is 10.2. The van der Waals surface area contributed by atoms with Gasteiger partial charge < -0.3 is 9.16 Å². The van der Waals surface area contributed by atoms with Crippen molar-refractivity contribution >= 4 is 19.1 Å². The fourth-order valence-electron chi connectivity index (χ4n) is 3.78. The van der Waals surface area contributed by atoms with E-state index in [4.69, 9.17) is 9.16 Å². The molecular formula is C29H48O2Si. The summed E-state index contributed by atoms with van der Waals surface area (Å²) in [4.78, 5) is 0. The molecule has 2 rings (SSSR count). The molecule has 0 aliphatic carbocycles. The predicted octanol–water partition coefficient (Wildman–Crippen LogP) is 9.28. The van der Waals surface area contributed by atoms with Crippen molar-refractivity contribution in [2.24, 2.45) is 0 Å². The van der Waals surface area contributed by atoms with Crippen LogP contribution in [0, 0.1) is 0 Å². The SMILES string of the molecule is CC(C)(C)[Si](C)(C)OCCCCCCCCCCCCOCc1ccc2ccccc2c1. The molecule has 0 saturated carbocycles. The first-order valence-electron chi connectivity index (χ1n) is 13.0. The van der Waals surface area contributed by atoms with Crippen molar-refractivity contribution in [3.8, 4) is 0 Å². The number of ether oxygens (including phenoxy) is 1. The lowest BCUT2D eigenvalue weighted by Crippen LogP contribution is -2.40. The maximum atomic E-state index is 6.26. The molecule has 0 aliphatic rings. The molecule has 0 atom stereocenters. The van der Waals surface area contributed by atoms with Gasteiger partial charge in [-0.1, -0.05) is 109 Å². The molecule has 0 radical (unpaired) electrons. The molecule has 0 N–H and O–H groups in total. The van der Waals surface area contributed by atoms with Gasteiger partial charge in [0.1, 0.15) is 0 Å². The average Bonchev–Trinajstić information content (AvgIpc) is 2.75. The van der Waals surface area contributed by atoms with E-state index in [1.807, 2.05) is 0 Å². The number of benzene rings is 2. The van der Waals surface area contributed by atoms with Gasteiger partial charge in [-0.25, -0.2) is 0 Å². The lowest BCUT2D eigenvalue weighted by molar-refractivity contribution is 0.117. The molecule has 0 bridgehead atoms. The summed E-state index contributed by atoms with van der Waals surface area (Å²) >= 11 is 0. The molecule has 32 heavy (non-hydrogen) atoms. The number of unbranched alkanes of at least 4 members (excludes halogenated alkanes) is 9. The Kier molecular flexibility index (Phi) is 12.0. The molecule has 0 amide bonds. The second-order valence-corrected chi connectivity index (χ2v) is 15.7. The van der Waals surface area contributed by atoms with E-state index >= 15 is 0 Å². The van der Waals surface area contributed by atoms with Gasteiger partial charge in [0.15, 0.2) is 8.32 Å². The fraction of sp³-hybridized carbons (Fsp3) is 0.655. The van der Waals surface area contributed by atoms with E-state index in [1.54, 1.807) is 0 Å². The van der Waals surface area contributed by atoms with Gasteiger partial charge in [-0.15, -0.1) is 0 Å². The van der Waals surface area contributed by atoms with E-state index in [-0.39, 0.29) is 0 Å². The molecule has 0 heterocycles. The summed E-state index contributed by atoms with van der Waals surface area (Å²) in [7, 11) is -1.54. The van der Waals surface area contributed by atoms with E-state index < -0.39 is 8.32 Å². The first-order valence-corrected chi connectivity index (χ1v) is 15.9. The van der Waals surface area contributed by atoms with Crippen LogP contribution in [0.4, 0.5) is 0 Å². The van der Waals surface area contributed by atoms with Gasteiger partial charge in [-0.05, 0) is 53.4 Å². The van der Waals surface area contributed by atoms with Gasteiger partial charge in [0.2, 0.25) is 0 Å². The van der Waals surface area contributed by atoms with Crippen LogP contribution < -0.4 is 0 Å². The zero-order chi connectivity index (χ0) is 23.3. The van der Waals surface area contributed by atoms with E-state index in [0.29, 0.717) is 5.04 Å². The Labute approximate surface area is 199 Å². The second kappa shape index (κ2) is 14.2. The van der Waals surface area contributed by atoms with Crippen LogP contribution in [0.25, 0.3) is 10.8 Å². The number of fused-ring (bicyclic) bond motifs is 1. The van der Waals surface area contributed by atoms with E-state index in [9.17, 15) is 0 Å². The van der Waals surface area contributed by atoms with Crippen molar-refractivity contribution in [2.75, 3.05) is 13.2 Å². The molecule has 0 spiro atoms. The minimum Gasteiger partial charge on any atom is -0.417 e. The minimum atomic E-state index is -1.54. The number of hydrogen-bond donors (Lipinski definition) is 0. The molecule has 2 aromatic rings. The zero-order valence-corrected chi connectivity index (χ0v) is 22.6. The Hall–Kier alpha value is -1.16. The highest BCUT2D eigenvalue weighted by atomic mass is 28.4. The molecule has 0 unspecified atom stereocenters. The molecule has 0 saturated heterocycles. The Bertz CT molecular complexity index is 763. The van der Waals surface area contributed by atoms with Crippen LogP contribution in [0.5, 0.6) is 0 Å². The highest BCUT2D eigenvalue weighted by Gasteiger charge is 2.36. The largest absolute Gasteiger partial charge is 0.417 e. The van der Waals surface area contributed by atoms with Gasteiger partial charge in [-0.2, -0.15) is 0 Å². The van der Waals surface area contributed by atoms with Gasteiger partial charge in [-0.3, -0.25) is 0 Å². The van der Waals surface area contributed by atoms with Crippen molar-refractivity contribution in [3.63, 3.8) is 0 Å². The number of rotatable bonds is 16. The molecule has 2 aromatic carbocycles. The highest BCUT2D eigenvalue weighted by Crippen LogP contribution is 2.36. The number of hydrogen-bond acceptors (Lipinski definition) is 2. The Morgan fingerprint density at radius 2 is 1.19 bits per heavy atom. The minimum absolute atomic E-state index is 0.330. The Morgan fingerprint density at radius 3 is 1.78 bits per heavy atom. The second-order valence-electron chi connectivity index (χ2n) is 10.9. The third-order valence-corrected chi connectivity index (χ3v) is 11.6. The first-order chi connectivity index (χ1) is 15.3. The van der Waals surface area contributed by atoms with Gasteiger partial charge >= 0.3 is 0 Å². The molecule has 0 aromatic heterocycles. The van der Waals surface area contributed by atoms with Crippen LogP contribution in [0.15, 0.2) is 42.5 Å². The topological polar surface area (TPSA) is 18.5 Å². The maximum absolute atomic E-state index is 6.26. The van der Waals surface area contributed by atoms with Crippen LogP contribution in [0.2, 0.25) is 18.1 Å². The van der Waals surface area contributed by atoms with E-state index in [0.717, 1.165) is 19.8 Å². The lowest BCUT2D eigenvalue weighted by Gasteiger charge is -2.36. The van der Waals surface area contributed by atoms with E-state index in [1.165, 1.54) is 80.5 Å². The quantitative estimate of drug-likeness (QED) is 0.185. The molecule has 0 fully saturated rings.